The van der Waals surface area contributed by atoms with Crippen LogP contribution in [0.5, 0.6) is 0 Å². The van der Waals surface area contributed by atoms with Gasteiger partial charge in [-0.15, -0.1) is 0 Å². The first-order chi connectivity index (χ1) is 9.83. The second kappa shape index (κ2) is 6.09. The minimum Gasteiger partial charge on any atom is -0.383 e. The molecule has 2 heterocycles. The number of benzene rings is 1. The molecule has 1 aromatic heterocycles. The Morgan fingerprint density at radius 2 is 2.25 bits per heavy atom. The molecule has 0 bridgehead atoms. The molecule has 0 saturated carbocycles. The first-order valence-electron chi connectivity index (χ1n) is 7.33. The molecule has 20 heavy (non-hydrogen) atoms. The zero-order chi connectivity index (χ0) is 13.8. The zero-order valence-corrected chi connectivity index (χ0v) is 12.0. The molecular formula is C16H22N4. The highest BCUT2D eigenvalue weighted by atomic mass is 15.1. The van der Waals surface area contributed by atoms with Crippen molar-refractivity contribution in [3.8, 4) is 5.69 Å². The molecule has 1 unspecified atom stereocenters. The summed E-state index contributed by atoms with van der Waals surface area (Å²) in [5.74, 6) is 0.740. The Labute approximate surface area is 120 Å². The molecule has 3 rings (SSSR count). The summed E-state index contributed by atoms with van der Waals surface area (Å²) in [5.41, 5.74) is 2.34. The first-order valence-corrected chi connectivity index (χ1v) is 7.33. The van der Waals surface area contributed by atoms with E-state index in [1.165, 1.54) is 31.6 Å². The first kappa shape index (κ1) is 13.2. The summed E-state index contributed by atoms with van der Waals surface area (Å²) in [6.45, 7) is 3.47. The van der Waals surface area contributed by atoms with Crippen molar-refractivity contribution in [2.75, 3.05) is 32.0 Å². The number of nitrogens with one attached hydrogen (secondary N) is 1. The monoisotopic (exact) mass is 270 g/mol. The Morgan fingerprint density at radius 3 is 3.05 bits per heavy atom. The van der Waals surface area contributed by atoms with E-state index in [9.17, 15) is 0 Å². The maximum atomic E-state index is 4.13. The van der Waals surface area contributed by atoms with Gasteiger partial charge in [0.2, 0.25) is 0 Å². The maximum Gasteiger partial charge on any atom is 0.0992 e. The Kier molecular flexibility index (Phi) is 4.02. The van der Waals surface area contributed by atoms with Crippen molar-refractivity contribution >= 4 is 5.69 Å². The molecule has 2 aromatic rings. The van der Waals surface area contributed by atoms with Crippen LogP contribution < -0.4 is 5.32 Å². The lowest BCUT2D eigenvalue weighted by molar-refractivity contribution is 0.217. The third kappa shape index (κ3) is 3.02. The summed E-state index contributed by atoms with van der Waals surface area (Å²) in [7, 11) is 2.21. The van der Waals surface area contributed by atoms with Gasteiger partial charge in [-0.3, -0.25) is 0 Å². The van der Waals surface area contributed by atoms with Gasteiger partial charge in [0.05, 0.1) is 17.7 Å². The second-order valence-electron chi connectivity index (χ2n) is 5.64. The van der Waals surface area contributed by atoms with Gasteiger partial charge >= 0.3 is 0 Å². The topological polar surface area (TPSA) is 33.1 Å². The Balaban J connectivity index is 1.68. The highest BCUT2D eigenvalue weighted by Crippen LogP contribution is 2.21. The van der Waals surface area contributed by atoms with Crippen molar-refractivity contribution in [3.05, 3.63) is 43.0 Å². The number of imidazole rings is 1. The molecule has 1 N–H and O–H groups in total. The lowest BCUT2D eigenvalue weighted by Gasteiger charge is -2.30. The predicted octanol–water partition coefficient (Wildman–Crippen LogP) is 2.63. The fraction of sp³-hybridized carbons (Fsp3) is 0.438. The molecule has 1 aromatic carbocycles. The van der Waals surface area contributed by atoms with Crippen molar-refractivity contribution in [2.45, 2.75) is 12.8 Å². The molecule has 4 heteroatoms. The number of nitrogens with zero attached hydrogens (tertiary/aromatic N) is 3. The molecule has 0 amide bonds. The van der Waals surface area contributed by atoms with E-state index in [-0.39, 0.29) is 0 Å². The third-order valence-electron chi connectivity index (χ3n) is 3.99. The molecule has 0 spiro atoms. The van der Waals surface area contributed by atoms with Crippen LogP contribution in [0.3, 0.4) is 0 Å². The SMILES string of the molecule is CN1CCCC(CNc2ccccc2-n2ccnc2)C1. The van der Waals surface area contributed by atoms with E-state index in [1.807, 2.05) is 18.7 Å². The zero-order valence-electron chi connectivity index (χ0n) is 12.0. The largest absolute Gasteiger partial charge is 0.383 e. The van der Waals surface area contributed by atoms with E-state index in [4.69, 9.17) is 0 Å². The lowest BCUT2D eigenvalue weighted by Crippen LogP contribution is -2.35. The van der Waals surface area contributed by atoms with Gasteiger partial charge in [-0.25, -0.2) is 4.98 Å². The number of hydrogen-bond donors (Lipinski definition) is 1. The summed E-state index contributed by atoms with van der Waals surface area (Å²) >= 11 is 0. The summed E-state index contributed by atoms with van der Waals surface area (Å²) < 4.78 is 2.05. The Morgan fingerprint density at radius 1 is 1.35 bits per heavy atom. The predicted molar refractivity (Wildman–Crippen MR) is 82.3 cm³/mol. The van der Waals surface area contributed by atoms with Crippen LogP contribution in [-0.2, 0) is 0 Å². The van der Waals surface area contributed by atoms with E-state index < -0.39 is 0 Å². The number of hydrogen-bond acceptors (Lipinski definition) is 3. The Hall–Kier alpha value is -1.81. The number of para-hydroxylation sites is 2. The van der Waals surface area contributed by atoms with Gasteiger partial charge in [0.1, 0.15) is 0 Å². The molecule has 1 aliphatic rings. The highest BCUT2D eigenvalue weighted by molar-refractivity contribution is 5.60. The lowest BCUT2D eigenvalue weighted by atomic mass is 9.98. The summed E-state index contributed by atoms with van der Waals surface area (Å²) in [6.07, 6.45) is 8.27. The number of rotatable bonds is 4. The summed E-state index contributed by atoms with van der Waals surface area (Å²) in [6, 6.07) is 8.41. The number of likely N-dealkylation sites (tertiary alicyclic amines) is 1. The quantitative estimate of drug-likeness (QED) is 0.927. The molecule has 1 fully saturated rings. The fourth-order valence-corrected chi connectivity index (χ4v) is 2.94. The van der Waals surface area contributed by atoms with Crippen LogP contribution in [0.25, 0.3) is 5.69 Å². The van der Waals surface area contributed by atoms with Crippen LogP contribution in [0, 0.1) is 5.92 Å². The Bertz CT molecular complexity index is 535. The van der Waals surface area contributed by atoms with Crippen LogP contribution in [0.1, 0.15) is 12.8 Å². The summed E-state index contributed by atoms with van der Waals surface area (Å²) in [5, 5.41) is 3.62. The van der Waals surface area contributed by atoms with E-state index in [0.29, 0.717) is 0 Å². The van der Waals surface area contributed by atoms with Crippen LogP contribution in [0.15, 0.2) is 43.0 Å². The molecule has 0 radical (unpaired) electrons. The van der Waals surface area contributed by atoms with Gasteiger partial charge in [-0.05, 0) is 44.5 Å². The van der Waals surface area contributed by atoms with Gasteiger partial charge < -0.3 is 14.8 Å². The minimum atomic E-state index is 0.740. The molecule has 1 aliphatic heterocycles. The van der Waals surface area contributed by atoms with E-state index in [1.54, 1.807) is 0 Å². The van der Waals surface area contributed by atoms with Crippen molar-refractivity contribution < 1.29 is 0 Å². The third-order valence-corrected chi connectivity index (χ3v) is 3.99. The molecule has 4 nitrogen and oxygen atoms in total. The van der Waals surface area contributed by atoms with Crippen molar-refractivity contribution in [2.24, 2.45) is 5.92 Å². The van der Waals surface area contributed by atoms with Crippen molar-refractivity contribution in [1.82, 2.24) is 14.5 Å². The molecule has 1 saturated heterocycles. The highest BCUT2D eigenvalue weighted by Gasteiger charge is 2.17. The molecular weight excluding hydrogens is 248 g/mol. The fourth-order valence-electron chi connectivity index (χ4n) is 2.94. The number of piperidine rings is 1. The van der Waals surface area contributed by atoms with Gasteiger partial charge in [0, 0.05) is 25.5 Å². The number of aromatic nitrogens is 2. The smallest absolute Gasteiger partial charge is 0.0992 e. The normalized spacial score (nSPS) is 19.9. The average Bonchev–Trinajstić information content (AvgIpc) is 3.00. The van der Waals surface area contributed by atoms with Gasteiger partial charge in [-0.2, -0.15) is 0 Å². The second-order valence-corrected chi connectivity index (χ2v) is 5.64. The van der Waals surface area contributed by atoms with E-state index in [2.05, 4.69) is 51.1 Å². The molecule has 1 atom stereocenters. The van der Waals surface area contributed by atoms with Gasteiger partial charge in [0.25, 0.3) is 0 Å². The average molecular weight is 270 g/mol. The van der Waals surface area contributed by atoms with Crippen molar-refractivity contribution in [3.63, 3.8) is 0 Å². The van der Waals surface area contributed by atoms with E-state index in [0.717, 1.165) is 18.2 Å². The minimum absolute atomic E-state index is 0.740. The van der Waals surface area contributed by atoms with Gasteiger partial charge in [0.15, 0.2) is 0 Å². The molecule has 0 aliphatic carbocycles. The van der Waals surface area contributed by atoms with E-state index >= 15 is 0 Å². The van der Waals surface area contributed by atoms with Gasteiger partial charge in [-0.1, -0.05) is 12.1 Å². The van der Waals surface area contributed by atoms with Crippen LogP contribution in [-0.4, -0.2) is 41.1 Å². The molecule has 106 valence electrons. The standard InChI is InChI=1S/C16H22N4/c1-19-9-4-5-14(12-19)11-18-15-6-2-3-7-16(15)20-10-8-17-13-20/h2-3,6-8,10,13-14,18H,4-5,9,11-12H2,1H3. The number of anilines is 1. The van der Waals surface area contributed by atoms with Crippen molar-refractivity contribution in [1.29, 1.82) is 0 Å². The van der Waals surface area contributed by atoms with Crippen LogP contribution >= 0.6 is 0 Å². The maximum absolute atomic E-state index is 4.13. The summed E-state index contributed by atoms with van der Waals surface area (Å²) in [4.78, 5) is 6.56. The van der Waals surface area contributed by atoms with Crippen LogP contribution in [0.4, 0.5) is 5.69 Å². The van der Waals surface area contributed by atoms with Crippen LogP contribution in [0.2, 0.25) is 0 Å².